The second kappa shape index (κ2) is 4.97. The molecule has 0 aliphatic carbocycles. The Bertz CT molecular complexity index is 304. The van der Waals surface area contributed by atoms with Crippen molar-refractivity contribution >= 4 is 17.5 Å². The summed E-state index contributed by atoms with van der Waals surface area (Å²) in [5.74, 6) is 4.77. The molecule has 1 aromatic heterocycles. The van der Waals surface area contributed by atoms with Crippen LogP contribution in [-0.4, -0.2) is 15.7 Å². The van der Waals surface area contributed by atoms with E-state index in [-0.39, 0.29) is 5.91 Å². The first-order chi connectivity index (χ1) is 6.63. The number of nitrogens with one attached hydrogen (secondary N) is 1. The number of hydrogen-bond acceptors (Lipinski definition) is 3. The van der Waals surface area contributed by atoms with Crippen LogP contribution >= 0.6 is 11.6 Å². The highest BCUT2D eigenvalue weighted by Crippen LogP contribution is 2.12. The molecule has 0 aliphatic heterocycles. The first kappa shape index (κ1) is 11.0. The molecule has 5 nitrogen and oxygen atoms in total. The molecule has 0 atom stereocenters. The van der Waals surface area contributed by atoms with Gasteiger partial charge in [-0.1, -0.05) is 11.6 Å². The summed E-state index contributed by atoms with van der Waals surface area (Å²) in [6.07, 6.45) is 2.84. The van der Waals surface area contributed by atoms with Gasteiger partial charge in [-0.2, -0.15) is 5.10 Å². The maximum absolute atomic E-state index is 10.8. The molecule has 0 radical (unpaired) electrons. The van der Waals surface area contributed by atoms with E-state index in [1.807, 2.05) is 6.92 Å². The van der Waals surface area contributed by atoms with Crippen LogP contribution in [0.4, 0.5) is 0 Å². The fraction of sp³-hybridized carbons (Fsp3) is 0.500. The van der Waals surface area contributed by atoms with E-state index >= 15 is 0 Å². The second-order valence-corrected chi connectivity index (χ2v) is 3.40. The van der Waals surface area contributed by atoms with Gasteiger partial charge in [0.2, 0.25) is 5.91 Å². The summed E-state index contributed by atoms with van der Waals surface area (Å²) < 4.78 is 1.72. The Labute approximate surface area is 87.2 Å². The number of amides is 1. The molecule has 1 heterocycles. The molecule has 0 spiro atoms. The molecule has 14 heavy (non-hydrogen) atoms. The van der Waals surface area contributed by atoms with Crippen molar-refractivity contribution in [3.63, 3.8) is 0 Å². The van der Waals surface area contributed by atoms with Gasteiger partial charge in [0.05, 0.1) is 10.7 Å². The third-order valence-electron chi connectivity index (χ3n) is 1.84. The van der Waals surface area contributed by atoms with Gasteiger partial charge in [-0.05, 0) is 13.3 Å². The van der Waals surface area contributed by atoms with Crippen LogP contribution in [0.2, 0.25) is 5.02 Å². The number of hydrazine groups is 1. The Morgan fingerprint density at radius 2 is 2.50 bits per heavy atom. The van der Waals surface area contributed by atoms with Gasteiger partial charge in [-0.15, -0.1) is 0 Å². The molecule has 0 fully saturated rings. The molecule has 78 valence electrons. The Morgan fingerprint density at radius 3 is 3.00 bits per heavy atom. The van der Waals surface area contributed by atoms with Gasteiger partial charge >= 0.3 is 0 Å². The van der Waals surface area contributed by atoms with Crippen LogP contribution in [0.15, 0.2) is 6.20 Å². The number of hydrogen-bond donors (Lipinski definition) is 2. The molecule has 0 aliphatic rings. The Kier molecular flexibility index (Phi) is 3.91. The summed E-state index contributed by atoms with van der Waals surface area (Å²) in [5, 5.41) is 4.80. The molecular weight excluding hydrogens is 204 g/mol. The Morgan fingerprint density at radius 1 is 1.79 bits per heavy atom. The minimum absolute atomic E-state index is 0.167. The van der Waals surface area contributed by atoms with Crippen molar-refractivity contribution < 1.29 is 4.79 Å². The number of aryl methyl sites for hydroxylation is 2. The van der Waals surface area contributed by atoms with Crippen LogP contribution in [0.5, 0.6) is 0 Å². The zero-order valence-corrected chi connectivity index (χ0v) is 8.71. The summed E-state index contributed by atoms with van der Waals surface area (Å²) in [6, 6.07) is 0. The predicted octanol–water partition coefficient (Wildman–Crippen LogP) is 0.615. The molecule has 1 amide bonds. The molecule has 0 saturated heterocycles. The van der Waals surface area contributed by atoms with Crippen molar-refractivity contribution in [3.8, 4) is 0 Å². The largest absolute Gasteiger partial charge is 0.294 e. The van der Waals surface area contributed by atoms with Crippen molar-refractivity contribution in [1.29, 1.82) is 0 Å². The molecule has 0 saturated carbocycles. The van der Waals surface area contributed by atoms with Gasteiger partial charge < -0.3 is 0 Å². The molecule has 1 rings (SSSR count). The van der Waals surface area contributed by atoms with Crippen LogP contribution in [0.3, 0.4) is 0 Å². The number of halogens is 1. The highest BCUT2D eigenvalue weighted by atomic mass is 35.5. The molecule has 0 bridgehead atoms. The zero-order valence-electron chi connectivity index (χ0n) is 7.96. The van der Waals surface area contributed by atoms with Crippen molar-refractivity contribution in [2.45, 2.75) is 26.3 Å². The van der Waals surface area contributed by atoms with E-state index in [2.05, 4.69) is 10.5 Å². The number of carbonyl (C=O) groups excluding carboxylic acids is 1. The fourth-order valence-electron chi connectivity index (χ4n) is 1.08. The van der Waals surface area contributed by atoms with Crippen molar-refractivity contribution in [3.05, 3.63) is 16.9 Å². The molecule has 0 unspecified atom stereocenters. The smallest absolute Gasteiger partial charge is 0.233 e. The average Bonchev–Trinajstić information content (AvgIpc) is 2.46. The van der Waals surface area contributed by atoms with Gasteiger partial charge in [0, 0.05) is 19.2 Å². The minimum Gasteiger partial charge on any atom is -0.294 e. The summed E-state index contributed by atoms with van der Waals surface area (Å²) in [6.45, 7) is 2.51. The molecular formula is C8H13ClN4O. The van der Waals surface area contributed by atoms with Gasteiger partial charge in [0.25, 0.3) is 0 Å². The second-order valence-electron chi connectivity index (χ2n) is 3.00. The number of rotatable bonds is 4. The summed E-state index contributed by atoms with van der Waals surface area (Å²) in [4.78, 5) is 10.8. The van der Waals surface area contributed by atoms with E-state index in [1.165, 1.54) is 0 Å². The normalized spacial score (nSPS) is 10.2. The average molecular weight is 217 g/mol. The third kappa shape index (κ3) is 3.01. The number of nitrogens with two attached hydrogens (primary N) is 1. The van der Waals surface area contributed by atoms with Gasteiger partial charge in [-0.25, -0.2) is 5.84 Å². The van der Waals surface area contributed by atoms with Gasteiger partial charge in [0.15, 0.2) is 0 Å². The summed E-state index contributed by atoms with van der Waals surface area (Å²) >= 11 is 5.82. The van der Waals surface area contributed by atoms with Crippen molar-refractivity contribution in [2.75, 3.05) is 0 Å². The van der Waals surface area contributed by atoms with E-state index in [4.69, 9.17) is 17.4 Å². The summed E-state index contributed by atoms with van der Waals surface area (Å²) in [5.41, 5.74) is 2.87. The molecule has 6 heteroatoms. The Hall–Kier alpha value is -1.07. The van der Waals surface area contributed by atoms with E-state index in [1.54, 1.807) is 10.9 Å². The van der Waals surface area contributed by atoms with Crippen LogP contribution in [-0.2, 0) is 11.3 Å². The lowest BCUT2D eigenvalue weighted by molar-refractivity contribution is -0.121. The van der Waals surface area contributed by atoms with Crippen LogP contribution < -0.4 is 11.3 Å². The maximum Gasteiger partial charge on any atom is 0.233 e. The number of nitrogens with zero attached hydrogens (tertiary/aromatic N) is 2. The first-order valence-corrected chi connectivity index (χ1v) is 4.70. The molecule has 1 aromatic rings. The van der Waals surface area contributed by atoms with Crippen molar-refractivity contribution in [1.82, 2.24) is 15.2 Å². The van der Waals surface area contributed by atoms with Crippen molar-refractivity contribution in [2.24, 2.45) is 5.84 Å². The van der Waals surface area contributed by atoms with E-state index in [9.17, 15) is 4.79 Å². The highest BCUT2D eigenvalue weighted by Gasteiger charge is 2.02. The molecule has 0 aromatic carbocycles. The van der Waals surface area contributed by atoms with Crippen LogP contribution in [0.1, 0.15) is 18.5 Å². The zero-order chi connectivity index (χ0) is 10.6. The predicted molar refractivity (Wildman–Crippen MR) is 53.5 cm³/mol. The molecule has 3 N–H and O–H groups in total. The number of carbonyl (C=O) groups is 1. The quantitative estimate of drug-likeness (QED) is 0.440. The fourth-order valence-corrected chi connectivity index (χ4v) is 1.23. The van der Waals surface area contributed by atoms with E-state index in [0.717, 1.165) is 5.69 Å². The lowest BCUT2D eigenvalue weighted by Gasteiger charge is -2.00. The number of aromatic nitrogens is 2. The van der Waals surface area contributed by atoms with E-state index in [0.29, 0.717) is 24.4 Å². The van der Waals surface area contributed by atoms with Gasteiger partial charge in [0.1, 0.15) is 0 Å². The SMILES string of the molecule is Cc1nn(CCCC(=O)NN)cc1Cl. The lowest BCUT2D eigenvalue weighted by Crippen LogP contribution is -2.29. The van der Waals surface area contributed by atoms with Crippen LogP contribution in [0.25, 0.3) is 0 Å². The van der Waals surface area contributed by atoms with Crippen LogP contribution in [0, 0.1) is 6.92 Å². The summed E-state index contributed by atoms with van der Waals surface area (Å²) in [7, 11) is 0. The third-order valence-corrected chi connectivity index (χ3v) is 2.21. The monoisotopic (exact) mass is 216 g/mol. The maximum atomic E-state index is 10.8. The Balaban J connectivity index is 2.35. The van der Waals surface area contributed by atoms with Gasteiger partial charge in [-0.3, -0.25) is 14.9 Å². The lowest BCUT2D eigenvalue weighted by atomic mass is 10.3. The topological polar surface area (TPSA) is 72.9 Å². The van der Waals surface area contributed by atoms with E-state index < -0.39 is 0 Å². The minimum atomic E-state index is -0.167. The highest BCUT2D eigenvalue weighted by molar-refractivity contribution is 6.31. The first-order valence-electron chi connectivity index (χ1n) is 4.32. The standard InChI is InChI=1S/C8H13ClN4O/c1-6-7(9)5-13(12-6)4-2-3-8(14)11-10/h5H,2-4,10H2,1H3,(H,11,14).